The molecule has 0 atom stereocenters. The highest BCUT2D eigenvalue weighted by Gasteiger charge is 2.09. The standard InChI is InChI=1S/C15H12O2S/c16-15(17)13(14-10-5-11-18-14)9-4-8-12-6-2-1-3-7-12/h1-11H,(H,16,17). The maximum absolute atomic E-state index is 11.1. The number of carboxylic acids is 1. The molecule has 2 rings (SSSR count). The van der Waals surface area contributed by atoms with Gasteiger partial charge in [-0.3, -0.25) is 0 Å². The van der Waals surface area contributed by atoms with Gasteiger partial charge in [0, 0.05) is 4.88 Å². The molecule has 2 nitrogen and oxygen atoms in total. The summed E-state index contributed by atoms with van der Waals surface area (Å²) >= 11 is 1.42. The number of allylic oxidation sites excluding steroid dienone is 2. The molecule has 0 aliphatic carbocycles. The van der Waals surface area contributed by atoms with Crippen molar-refractivity contribution in [1.82, 2.24) is 0 Å². The van der Waals surface area contributed by atoms with E-state index in [0.717, 1.165) is 10.4 Å². The van der Waals surface area contributed by atoms with Gasteiger partial charge in [-0.1, -0.05) is 48.6 Å². The molecule has 2 aromatic rings. The first-order chi connectivity index (χ1) is 8.77. The van der Waals surface area contributed by atoms with Crippen molar-refractivity contribution in [2.45, 2.75) is 0 Å². The molecule has 0 unspecified atom stereocenters. The van der Waals surface area contributed by atoms with Crippen LogP contribution in [0.15, 0.2) is 60.0 Å². The molecule has 0 saturated carbocycles. The first-order valence-corrected chi connectivity index (χ1v) is 6.36. The molecule has 1 N–H and O–H groups in total. The van der Waals surface area contributed by atoms with E-state index in [1.54, 1.807) is 18.2 Å². The van der Waals surface area contributed by atoms with Gasteiger partial charge >= 0.3 is 5.97 Å². The second kappa shape index (κ2) is 5.98. The first-order valence-electron chi connectivity index (χ1n) is 5.48. The highest BCUT2D eigenvalue weighted by Crippen LogP contribution is 2.20. The minimum Gasteiger partial charge on any atom is -0.478 e. The Labute approximate surface area is 110 Å². The first kappa shape index (κ1) is 12.3. The smallest absolute Gasteiger partial charge is 0.337 e. The van der Waals surface area contributed by atoms with Gasteiger partial charge in [0.15, 0.2) is 0 Å². The Bertz CT molecular complexity index is 566. The summed E-state index contributed by atoms with van der Waals surface area (Å²) in [5, 5.41) is 11.0. The summed E-state index contributed by atoms with van der Waals surface area (Å²) in [6, 6.07) is 13.4. The van der Waals surface area contributed by atoms with Gasteiger partial charge in [-0.2, -0.15) is 0 Å². The van der Waals surface area contributed by atoms with Crippen molar-refractivity contribution < 1.29 is 9.90 Å². The van der Waals surface area contributed by atoms with Crippen LogP contribution in [0, 0.1) is 0 Å². The van der Waals surface area contributed by atoms with E-state index in [9.17, 15) is 4.79 Å². The van der Waals surface area contributed by atoms with Crippen LogP contribution >= 0.6 is 11.3 Å². The van der Waals surface area contributed by atoms with Crippen LogP contribution < -0.4 is 0 Å². The highest BCUT2D eigenvalue weighted by atomic mass is 32.1. The topological polar surface area (TPSA) is 37.3 Å². The summed E-state index contributed by atoms with van der Waals surface area (Å²) in [7, 11) is 0. The third-order valence-corrected chi connectivity index (χ3v) is 3.27. The van der Waals surface area contributed by atoms with Crippen molar-refractivity contribution in [3.8, 4) is 0 Å². The van der Waals surface area contributed by atoms with Crippen LogP contribution in [-0.2, 0) is 4.79 Å². The highest BCUT2D eigenvalue weighted by molar-refractivity contribution is 7.11. The minimum absolute atomic E-state index is 0.317. The summed E-state index contributed by atoms with van der Waals surface area (Å²) in [4.78, 5) is 11.9. The molecular formula is C15H12O2S. The van der Waals surface area contributed by atoms with E-state index in [2.05, 4.69) is 0 Å². The molecule has 0 spiro atoms. The van der Waals surface area contributed by atoms with E-state index < -0.39 is 5.97 Å². The fraction of sp³-hybridized carbons (Fsp3) is 0. The Hall–Kier alpha value is -2.13. The van der Waals surface area contributed by atoms with Gasteiger partial charge in [0.2, 0.25) is 0 Å². The largest absolute Gasteiger partial charge is 0.478 e. The van der Waals surface area contributed by atoms with E-state index in [0.29, 0.717) is 5.57 Å². The lowest BCUT2D eigenvalue weighted by molar-refractivity contribution is -0.130. The van der Waals surface area contributed by atoms with Gasteiger partial charge in [-0.05, 0) is 23.1 Å². The van der Waals surface area contributed by atoms with Crippen molar-refractivity contribution in [1.29, 1.82) is 0 Å². The molecule has 0 saturated heterocycles. The monoisotopic (exact) mass is 256 g/mol. The van der Waals surface area contributed by atoms with Crippen LogP contribution in [0.2, 0.25) is 0 Å². The maximum atomic E-state index is 11.1. The number of hydrogen-bond donors (Lipinski definition) is 1. The molecule has 90 valence electrons. The Kier molecular flexibility index (Phi) is 4.10. The third-order valence-electron chi connectivity index (χ3n) is 2.37. The number of benzene rings is 1. The van der Waals surface area contributed by atoms with Crippen LogP contribution in [0.4, 0.5) is 0 Å². The molecule has 1 aromatic heterocycles. The van der Waals surface area contributed by atoms with Crippen LogP contribution in [-0.4, -0.2) is 11.1 Å². The van der Waals surface area contributed by atoms with Crippen molar-refractivity contribution in [3.05, 3.63) is 70.4 Å². The molecule has 0 aliphatic heterocycles. The Morgan fingerprint density at radius 3 is 2.50 bits per heavy atom. The number of rotatable bonds is 4. The molecule has 0 fully saturated rings. The van der Waals surface area contributed by atoms with Crippen LogP contribution in [0.3, 0.4) is 0 Å². The summed E-state index contributed by atoms with van der Waals surface area (Å²) in [6.45, 7) is 0. The predicted molar refractivity (Wildman–Crippen MR) is 75.4 cm³/mol. The van der Waals surface area contributed by atoms with Crippen molar-refractivity contribution >= 4 is 29.0 Å². The maximum Gasteiger partial charge on any atom is 0.337 e. The van der Waals surface area contributed by atoms with Gasteiger partial charge in [-0.25, -0.2) is 4.79 Å². The lowest BCUT2D eigenvalue weighted by Crippen LogP contribution is -1.96. The van der Waals surface area contributed by atoms with Crippen LogP contribution in [0.25, 0.3) is 11.6 Å². The zero-order chi connectivity index (χ0) is 12.8. The fourth-order valence-corrected chi connectivity index (χ4v) is 2.25. The van der Waals surface area contributed by atoms with E-state index in [4.69, 9.17) is 5.11 Å². The molecule has 18 heavy (non-hydrogen) atoms. The molecule has 3 heteroatoms. The van der Waals surface area contributed by atoms with Gasteiger partial charge in [-0.15, -0.1) is 11.3 Å². The van der Waals surface area contributed by atoms with Gasteiger partial charge in [0.1, 0.15) is 0 Å². The Balaban J connectivity index is 2.20. The van der Waals surface area contributed by atoms with Crippen LogP contribution in [0.1, 0.15) is 10.4 Å². The fourth-order valence-electron chi connectivity index (χ4n) is 1.51. The quantitative estimate of drug-likeness (QED) is 0.664. The summed E-state index contributed by atoms with van der Waals surface area (Å²) in [5.41, 5.74) is 1.36. The van der Waals surface area contributed by atoms with Crippen molar-refractivity contribution in [3.63, 3.8) is 0 Å². The summed E-state index contributed by atoms with van der Waals surface area (Å²) in [5.74, 6) is -0.907. The third kappa shape index (κ3) is 3.18. The second-order valence-electron chi connectivity index (χ2n) is 3.63. The van der Waals surface area contributed by atoms with Crippen LogP contribution in [0.5, 0.6) is 0 Å². The molecule has 0 radical (unpaired) electrons. The Morgan fingerprint density at radius 2 is 1.89 bits per heavy atom. The number of thiophene rings is 1. The average Bonchev–Trinajstić information content (AvgIpc) is 2.89. The lowest BCUT2D eigenvalue weighted by Gasteiger charge is -1.96. The SMILES string of the molecule is O=C(O)C(=CC=Cc1ccccc1)c1cccs1. The zero-order valence-corrected chi connectivity index (χ0v) is 10.4. The molecule has 1 aromatic carbocycles. The van der Waals surface area contributed by atoms with Crippen molar-refractivity contribution in [2.24, 2.45) is 0 Å². The molecule has 1 heterocycles. The van der Waals surface area contributed by atoms with E-state index in [1.807, 2.05) is 47.9 Å². The van der Waals surface area contributed by atoms with Gasteiger partial charge in [0.05, 0.1) is 5.57 Å². The minimum atomic E-state index is -0.907. The molecule has 0 bridgehead atoms. The van der Waals surface area contributed by atoms with E-state index in [-0.39, 0.29) is 0 Å². The van der Waals surface area contributed by atoms with Gasteiger partial charge < -0.3 is 5.11 Å². The van der Waals surface area contributed by atoms with E-state index in [1.165, 1.54) is 11.3 Å². The van der Waals surface area contributed by atoms with Gasteiger partial charge in [0.25, 0.3) is 0 Å². The summed E-state index contributed by atoms with van der Waals surface area (Å²) in [6.07, 6.45) is 5.27. The van der Waals surface area contributed by atoms with Crippen molar-refractivity contribution in [2.75, 3.05) is 0 Å². The molecule has 0 aliphatic rings. The summed E-state index contributed by atoms with van der Waals surface area (Å²) < 4.78 is 0. The number of hydrogen-bond acceptors (Lipinski definition) is 2. The zero-order valence-electron chi connectivity index (χ0n) is 9.61. The Morgan fingerprint density at radius 1 is 1.11 bits per heavy atom. The lowest BCUT2D eigenvalue weighted by atomic mass is 10.1. The predicted octanol–water partition coefficient (Wildman–Crippen LogP) is 3.93. The number of carbonyl (C=O) groups is 1. The average molecular weight is 256 g/mol. The number of carboxylic acid groups (broad SMARTS) is 1. The van der Waals surface area contributed by atoms with E-state index >= 15 is 0 Å². The normalized spacial score (nSPS) is 11.9. The second-order valence-corrected chi connectivity index (χ2v) is 4.58. The number of aliphatic carboxylic acids is 1. The molecule has 0 amide bonds. The molecular weight excluding hydrogens is 244 g/mol.